The van der Waals surface area contributed by atoms with Crippen LogP contribution in [0.15, 0.2) is 77.7 Å². The van der Waals surface area contributed by atoms with Gasteiger partial charge in [0.1, 0.15) is 0 Å². The van der Waals surface area contributed by atoms with Crippen LogP contribution in [0, 0.1) is 6.92 Å². The molecule has 7 heteroatoms. The van der Waals surface area contributed by atoms with Gasteiger partial charge in [0.25, 0.3) is 5.91 Å². The molecule has 0 unspecified atom stereocenters. The molecule has 0 atom stereocenters. The zero-order valence-electron chi connectivity index (χ0n) is 16.6. The Morgan fingerprint density at radius 1 is 1.00 bits per heavy atom. The van der Waals surface area contributed by atoms with Crippen molar-refractivity contribution in [2.45, 2.75) is 18.4 Å². The second kappa shape index (κ2) is 8.01. The molecule has 0 radical (unpaired) electrons. The van der Waals surface area contributed by atoms with E-state index in [0.717, 1.165) is 27.6 Å². The smallest absolute Gasteiger partial charge is 0.260 e. The average Bonchev–Trinajstić information content (AvgIpc) is 3.14. The number of carbonyl (C=O) groups excluding carboxylic acids is 1. The summed E-state index contributed by atoms with van der Waals surface area (Å²) in [5.41, 5.74) is 3.37. The number of carbonyl (C=O) groups is 1. The van der Waals surface area contributed by atoms with Crippen molar-refractivity contribution in [2.75, 3.05) is 11.2 Å². The van der Waals surface area contributed by atoms with Gasteiger partial charge in [-0.2, -0.15) is 0 Å². The summed E-state index contributed by atoms with van der Waals surface area (Å²) < 4.78 is 24.5. The molecular formula is C23H20N2O3S2. The van der Waals surface area contributed by atoms with Gasteiger partial charge in [0.05, 0.1) is 21.7 Å². The van der Waals surface area contributed by atoms with Crippen LogP contribution in [0.2, 0.25) is 0 Å². The third-order valence-electron chi connectivity index (χ3n) is 4.72. The number of rotatable bonds is 5. The maximum absolute atomic E-state index is 13.4. The maximum atomic E-state index is 13.4. The number of fused-ring (bicyclic) bond motifs is 1. The minimum Gasteiger partial charge on any atom is -0.279 e. The van der Waals surface area contributed by atoms with Crippen LogP contribution in [0.3, 0.4) is 0 Å². The lowest BCUT2D eigenvalue weighted by Crippen LogP contribution is -2.30. The van der Waals surface area contributed by atoms with Gasteiger partial charge in [-0.05, 0) is 54.4 Å². The van der Waals surface area contributed by atoms with Crippen LogP contribution < -0.4 is 4.90 Å². The maximum Gasteiger partial charge on any atom is 0.260 e. The highest BCUT2D eigenvalue weighted by molar-refractivity contribution is 7.90. The number of aromatic nitrogens is 1. The zero-order valence-corrected chi connectivity index (χ0v) is 18.2. The van der Waals surface area contributed by atoms with Crippen molar-refractivity contribution in [1.29, 1.82) is 0 Å². The third-order valence-corrected chi connectivity index (χ3v) is 6.89. The summed E-state index contributed by atoms with van der Waals surface area (Å²) in [6, 6.07) is 21.8. The van der Waals surface area contributed by atoms with Crippen LogP contribution in [0.25, 0.3) is 10.2 Å². The van der Waals surface area contributed by atoms with E-state index in [2.05, 4.69) is 11.1 Å². The summed E-state index contributed by atoms with van der Waals surface area (Å²) in [6.07, 6.45) is 1.15. The number of nitrogens with zero attached hydrogens (tertiary/aromatic N) is 2. The van der Waals surface area contributed by atoms with Gasteiger partial charge < -0.3 is 0 Å². The minimum atomic E-state index is -3.32. The Morgan fingerprint density at radius 2 is 1.70 bits per heavy atom. The van der Waals surface area contributed by atoms with E-state index in [1.807, 2.05) is 49.4 Å². The average molecular weight is 437 g/mol. The number of thiazole rings is 1. The second-order valence-corrected chi connectivity index (χ2v) is 10.2. The fourth-order valence-electron chi connectivity index (χ4n) is 3.13. The first-order valence-corrected chi connectivity index (χ1v) is 12.1. The van der Waals surface area contributed by atoms with Crippen molar-refractivity contribution in [3.05, 3.63) is 89.5 Å². The van der Waals surface area contributed by atoms with Crippen LogP contribution in [0.1, 0.15) is 21.5 Å². The van der Waals surface area contributed by atoms with E-state index < -0.39 is 9.84 Å². The van der Waals surface area contributed by atoms with Crippen molar-refractivity contribution in [3.8, 4) is 0 Å². The SMILES string of the molecule is Cc1ccc2nc(N(Cc3ccccc3)C(=O)c3ccc(S(C)(=O)=O)cc3)sc2c1. The number of hydrogen-bond acceptors (Lipinski definition) is 5. The number of anilines is 1. The molecule has 0 N–H and O–H groups in total. The lowest BCUT2D eigenvalue weighted by atomic mass is 10.1. The number of aryl methyl sites for hydroxylation is 1. The molecule has 1 heterocycles. The quantitative estimate of drug-likeness (QED) is 0.448. The van der Waals surface area contributed by atoms with Crippen molar-refractivity contribution in [1.82, 2.24) is 4.98 Å². The molecule has 0 spiro atoms. The normalized spacial score (nSPS) is 11.5. The first-order valence-electron chi connectivity index (χ1n) is 9.34. The molecule has 0 fully saturated rings. The Kier molecular flexibility index (Phi) is 5.40. The van der Waals surface area contributed by atoms with Crippen molar-refractivity contribution >= 4 is 42.4 Å². The molecule has 4 aromatic rings. The van der Waals surface area contributed by atoms with E-state index in [4.69, 9.17) is 0 Å². The number of sulfone groups is 1. The van der Waals surface area contributed by atoms with Crippen LogP contribution in [0.5, 0.6) is 0 Å². The molecule has 0 saturated carbocycles. The fraction of sp³-hybridized carbons (Fsp3) is 0.130. The predicted molar refractivity (Wildman–Crippen MR) is 121 cm³/mol. The number of amides is 1. The van der Waals surface area contributed by atoms with Gasteiger partial charge in [-0.25, -0.2) is 13.4 Å². The molecule has 1 aromatic heterocycles. The van der Waals surface area contributed by atoms with Crippen LogP contribution in [-0.4, -0.2) is 25.6 Å². The van der Waals surface area contributed by atoms with Crippen molar-refractivity contribution in [3.63, 3.8) is 0 Å². The standard InChI is InChI=1S/C23H20N2O3S2/c1-16-8-13-20-21(14-16)29-23(24-20)25(15-17-6-4-3-5-7-17)22(26)18-9-11-19(12-10-18)30(2,27)28/h3-14H,15H2,1-2H3. The summed E-state index contributed by atoms with van der Waals surface area (Å²) in [5.74, 6) is -0.227. The number of benzene rings is 3. The highest BCUT2D eigenvalue weighted by Gasteiger charge is 2.22. The second-order valence-electron chi connectivity index (χ2n) is 7.14. The largest absolute Gasteiger partial charge is 0.279 e. The van der Waals surface area contributed by atoms with Crippen molar-refractivity contribution < 1.29 is 13.2 Å². The lowest BCUT2D eigenvalue weighted by Gasteiger charge is -2.20. The lowest BCUT2D eigenvalue weighted by molar-refractivity contribution is 0.0985. The Labute approximate surface area is 179 Å². The Morgan fingerprint density at radius 3 is 2.37 bits per heavy atom. The van der Waals surface area contributed by atoms with Crippen molar-refractivity contribution in [2.24, 2.45) is 0 Å². The van der Waals surface area contributed by atoms with Gasteiger partial charge in [0.15, 0.2) is 15.0 Å². The third kappa shape index (κ3) is 4.27. The van der Waals surface area contributed by atoms with E-state index in [-0.39, 0.29) is 10.8 Å². The first-order chi connectivity index (χ1) is 14.3. The Hall–Kier alpha value is -3.03. The summed E-state index contributed by atoms with van der Waals surface area (Å²) >= 11 is 1.47. The van der Waals surface area contributed by atoms with E-state index >= 15 is 0 Å². The van der Waals surface area contributed by atoms with E-state index in [9.17, 15) is 13.2 Å². The summed E-state index contributed by atoms with van der Waals surface area (Å²) in [5, 5.41) is 0.608. The molecule has 0 bridgehead atoms. The van der Waals surface area contributed by atoms with Crippen LogP contribution in [0.4, 0.5) is 5.13 Å². The van der Waals surface area contributed by atoms with E-state index in [1.54, 1.807) is 17.0 Å². The first kappa shape index (κ1) is 20.3. The predicted octanol–water partition coefficient (Wildman–Crippen LogP) is 4.86. The van der Waals surface area contributed by atoms with E-state index in [0.29, 0.717) is 17.2 Å². The van der Waals surface area contributed by atoms with Gasteiger partial charge in [0.2, 0.25) is 0 Å². The fourth-order valence-corrected chi connectivity index (χ4v) is 4.82. The van der Waals surface area contributed by atoms with Crippen LogP contribution in [-0.2, 0) is 16.4 Å². The summed E-state index contributed by atoms with van der Waals surface area (Å²) in [7, 11) is -3.32. The van der Waals surface area contributed by atoms with E-state index in [1.165, 1.54) is 23.5 Å². The number of hydrogen-bond donors (Lipinski definition) is 0. The van der Waals surface area contributed by atoms with Crippen LogP contribution >= 0.6 is 11.3 Å². The Bertz CT molecular complexity index is 1310. The zero-order chi connectivity index (χ0) is 21.3. The minimum absolute atomic E-state index is 0.184. The summed E-state index contributed by atoms with van der Waals surface area (Å²) in [4.78, 5) is 19.9. The molecule has 0 aliphatic carbocycles. The van der Waals surface area contributed by atoms with Gasteiger partial charge in [-0.1, -0.05) is 47.7 Å². The molecule has 0 saturated heterocycles. The molecule has 0 aliphatic heterocycles. The molecule has 30 heavy (non-hydrogen) atoms. The molecule has 1 amide bonds. The topological polar surface area (TPSA) is 67.3 Å². The molecule has 152 valence electrons. The highest BCUT2D eigenvalue weighted by Crippen LogP contribution is 2.31. The molecule has 0 aliphatic rings. The Balaban J connectivity index is 1.75. The van der Waals surface area contributed by atoms with Gasteiger partial charge in [-0.15, -0.1) is 0 Å². The van der Waals surface area contributed by atoms with Gasteiger partial charge in [0, 0.05) is 11.8 Å². The van der Waals surface area contributed by atoms with Gasteiger partial charge in [-0.3, -0.25) is 9.69 Å². The summed E-state index contributed by atoms with van der Waals surface area (Å²) in [6.45, 7) is 2.39. The monoisotopic (exact) mass is 436 g/mol. The van der Waals surface area contributed by atoms with Gasteiger partial charge >= 0.3 is 0 Å². The highest BCUT2D eigenvalue weighted by atomic mass is 32.2. The molecular weight excluding hydrogens is 416 g/mol. The molecule has 4 rings (SSSR count). The molecule has 3 aromatic carbocycles. The molecule has 5 nitrogen and oxygen atoms in total.